The number of amides is 1. The molecule has 0 radical (unpaired) electrons. The summed E-state index contributed by atoms with van der Waals surface area (Å²) in [6, 6.07) is 9.55. The van der Waals surface area contributed by atoms with Crippen molar-refractivity contribution in [2.24, 2.45) is 0 Å². The van der Waals surface area contributed by atoms with Gasteiger partial charge in [0.1, 0.15) is 5.69 Å². The van der Waals surface area contributed by atoms with Crippen molar-refractivity contribution in [1.29, 1.82) is 0 Å². The number of hydrogen-bond donors (Lipinski definition) is 0. The molecule has 0 spiro atoms. The van der Waals surface area contributed by atoms with Crippen LogP contribution in [0.2, 0.25) is 0 Å². The number of carbonyl (C=O) groups excluding carboxylic acids is 1. The molecule has 1 saturated heterocycles. The molecule has 3 rings (SSSR count). The molecule has 154 valence electrons. The Balaban J connectivity index is 1.77. The average molecular weight is 417 g/mol. The molecule has 2 aromatic carbocycles. The molecule has 0 saturated carbocycles. The number of rotatable bonds is 4. The van der Waals surface area contributed by atoms with Crippen molar-refractivity contribution < 1.29 is 18.1 Å². The summed E-state index contributed by atoms with van der Waals surface area (Å²) in [4.78, 5) is 27.1. The minimum Gasteiger partial charge on any atom is -0.362 e. The fourth-order valence-electron chi connectivity index (χ4n) is 3.35. The van der Waals surface area contributed by atoms with E-state index in [0.717, 1.165) is 23.4 Å². The van der Waals surface area contributed by atoms with Crippen LogP contribution in [0.15, 0.2) is 41.3 Å². The highest BCUT2D eigenvalue weighted by atomic mass is 32.2. The van der Waals surface area contributed by atoms with E-state index in [1.54, 1.807) is 4.90 Å². The zero-order chi connectivity index (χ0) is 21.3. The normalized spacial score (nSPS) is 14.7. The predicted molar refractivity (Wildman–Crippen MR) is 110 cm³/mol. The van der Waals surface area contributed by atoms with Crippen LogP contribution in [0.1, 0.15) is 21.5 Å². The SMILES string of the molecule is Cc1ccc(C(=O)N2CCN(c3ccc(S(C)(=O)=O)cc3[N+](=O)[O-])CC2)cc1C. The van der Waals surface area contributed by atoms with Crippen molar-refractivity contribution in [3.8, 4) is 0 Å². The summed E-state index contributed by atoms with van der Waals surface area (Å²) in [5.41, 5.74) is 2.92. The molecule has 1 aliphatic rings. The Morgan fingerprint density at radius 3 is 2.21 bits per heavy atom. The summed E-state index contributed by atoms with van der Waals surface area (Å²) in [5, 5.41) is 11.5. The number of benzene rings is 2. The van der Waals surface area contributed by atoms with Crippen LogP contribution in [-0.4, -0.2) is 56.6 Å². The van der Waals surface area contributed by atoms with Gasteiger partial charge in [0.05, 0.1) is 9.82 Å². The predicted octanol–water partition coefficient (Wildman–Crippen LogP) is 2.58. The third-order valence-corrected chi connectivity index (χ3v) is 6.34. The lowest BCUT2D eigenvalue weighted by Crippen LogP contribution is -2.49. The molecule has 0 atom stereocenters. The zero-order valence-corrected chi connectivity index (χ0v) is 17.4. The van der Waals surface area contributed by atoms with Gasteiger partial charge in [-0.3, -0.25) is 14.9 Å². The lowest BCUT2D eigenvalue weighted by molar-refractivity contribution is -0.384. The van der Waals surface area contributed by atoms with E-state index in [1.165, 1.54) is 12.1 Å². The number of hydrogen-bond acceptors (Lipinski definition) is 6. The van der Waals surface area contributed by atoms with Crippen molar-refractivity contribution in [3.05, 3.63) is 63.2 Å². The number of sulfone groups is 1. The van der Waals surface area contributed by atoms with Gasteiger partial charge in [0.2, 0.25) is 0 Å². The number of aryl methyl sites for hydroxylation is 2. The maximum Gasteiger partial charge on any atom is 0.293 e. The van der Waals surface area contributed by atoms with Gasteiger partial charge in [-0.05, 0) is 49.2 Å². The second kappa shape index (κ2) is 7.82. The smallest absolute Gasteiger partial charge is 0.293 e. The Bertz CT molecular complexity index is 1070. The summed E-state index contributed by atoms with van der Waals surface area (Å²) >= 11 is 0. The molecular formula is C20H23N3O5S. The van der Waals surface area contributed by atoms with E-state index >= 15 is 0 Å². The molecule has 0 bridgehead atoms. The topological polar surface area (TPSA) is 101 Å². The number of nitro benzene ring substituents is 1. The van der Waals surface area contributed by atoms with Gasteiger partial charge < -0.3 is 9.80 Å². The van der Waals surface area contributed by atoms with Crippen molar-refractivity contribution in [1.82, 2.24) is 4.90 Å². The third kappa shape index (κ3) is 4.40. The molecule has 9 heteroatoms. The number of piperazine rings is 1. The van der Waals surface area contributed by atoms with Gasteiger partial charge >= 0.3 is 0 Å². The summed E-state index contributed by atoms with van der Waals surface area (Å²) < 4.78 is 23.4. The van der Waals surface area contributed by atoms with Crippen LogP contribution >= 0.6 is 0 Å². The first-order valence-corrected chi connectivity index (χ1v) is 11.1. The van der Waals surface area contributed by atoms with E-state index in [9.17, 15) is 23.3 Å². The van der Waals surface area contributed by atoms with Crippen LogP contribution in [0.25, 0.3) is 0 Å². The first-order chi connectivity index (χ1) is 13.6. The van der Waals surface area contributed by atoms with E-state index in [4.69, 9.17) is 0 Å². The molecular weight excluding hydrogens is 394 g/mol. The maximum atomic E-state index is 12.8. The van der Waals surface area contributed by atoms with Gasteiger partial charge in [0.15, 0.2) is 9.84 Å². The Hall–Kier alpha value is -2.94. The van der Waals surface area contributed by atoms with Gasteiger partial charge in [-0.15, -0.1) is 0 Å². The molecule has 0 N–H and O–H groups in total. The highest BCUT2D eigenvalue weighted by Crippen LogP contribution is 2.31. The van der Waals surface area contributed by atoms with Crippen molar-refractivity contribution in [2.45, 2.75) is 18.7 Å². The molecule has 2 aromatic rings. The van der Waals surface area contributed by atoms with E-state index in [1.807, 2.05) is 36.9 Å². The Kier molecular flexibility index (Phi) is 5.61. The number of carbonyl (C=O) groups is 1. The van der Waals surface area contributed by atoms with Crippen molar-refractivity contribution >= 4 is 27.1 Å². The van der Waals surface area contributed by atoms with Crippen LogP contribution in [0, 0.1) is 24.0 Å². The zero-order valence-electron chi connectivity index (χ0n) is 16.6. The molecule has 1 fully saturated rings. The summed E-state index contributed by atoms with van der Waals surface area (Å²) in [6.07, 6.45) is 1.02. The van der Waals surface area contributed by atoms with Crippen LogP contribution in [0.4, 0.5) is 11.4 Å². The fraction of sp³-hybridized carbons (Fsp3) is 0.350. The van der Waals surface area contributed by atoms with Gasteiger partial charge in [-0.2, -0.15) is 0 Å². The van der Waals surface area contributed by atoms with Crippen LogP contribution < -0.4 is 4.90 Å². The van der Waals surface area contributed by atoms with Gasteiger partial charge in [-0.25, -0.2) is 8.42 Å². The lowest BCUT2D eigenvalue weighted by atomic mass is 10.1. The average Bonchev–Trinajstić information content (AvgIpc) is 2.68. The van der Waals surface area contributed by atoms with E-state index in [0.29, 0.717) is 37.4 Å². The summed E-state index contributed by atoms with van der Waals surface area (Å²) in [7, 11) is -3.54. The van der Waals surface area contributed by atoms with Crippen molar-refractivity contribution in [3.63, 3.8) is 0 Å². The van der Waals surface area contributed by atoms with E-state index in [-0.39, 0.29) is 16.5 Å². The minimum absolute atomic E-state index is 0.0605. The quantitative estimate of drug-likeness (QED) is 0.560. The van der Waals surface area contributed by atoms with E-state index < -0.39 is 14.8 Å². The van der Waals surface area contributed by atoms with Crippen LogP contribution in [0.5, 0.6) is 0 Å². The molecule has 0 aliphatic carbocycles. The number of nitro groups is 1. The number of anilines is 1. The van der Waals surface area contributed by atoms with Gasteiger partial charge in [-0.1, -0.05) is 6.07 Å². The fourth-order valence-corrected chi connectivity index (χ4v) is 4.00. The highest BCUT2D eigenvalue weighted by Gasteiger charge is 2.27. The minimum atomic E-state index is -3.54. The first-order valence-electron chi connectivity index (χ1n) is 9.18. The Labute approximate surface area is 169 Å². The van der Waals surface area contributed by atoms with Crippen molar-refractivity contribution in [2.75, 3.05) is 37.3 Å². The third-order valence-electron chi connectivity index (χ3n) is 5.23. The van der Waals surface area contributed by atoms with Gasteiger partial charge in [0, 0.05) is 44.1 Å². The van der Waals surface area contributed by atoms with Crippen LogP contribution in [0.3, 0.4) is 0 Å². The standard InChI is InChI=1S/C20H23N3O5S/c1-14-4-5-16(12-15(14)2)20(24)22-10-8-21(9-11-22)18-7-6-17(29(3,27)28)13-19(18)23(25)26/h4-7,12-13H,8-11H2,1-3H3. The molecule has 0 unspecified atom stereocenters. The second-order valence-electron chi connectivity index (χ2n) is 7.26. The largest absolute Gasteiger partial charge is 0.362 e. The molecule has 0 aromatic heterocycles. The first kappa shape index (κ1) is 20.8. The Morgan fingerprint density at radius 2 is 1.66 bits per heavy atom. The number of nitrogens with zero attached hydrogens (tertiary/aromatic N) is 3. The van der Waals surface area contributed by atoms with E-state index in [2.05, 4.69) is 0 Å². The Morgan fingerprint density at radius 1 is 1.00 bits per heavy atom. The summed E-state index contributed by atoms with van der Waals surface area (Å²) in [6.45, 7) is 5.66. The van der Waals surface area contributed by atoms with Gasteiger partial charge in [0.25, 0.3) is 11.6 Å². The molecule has 1 aliphatic heterocycles. The molecule has 8 nitrogen and oxygen atoms in total. The molecule has 1 amide bonds. The summed E-state index contributed by atoms with van der Waals surface area (Å²) in [5.74, 6) is -0.0605. The molecule has 1 heterocycles. The molecule has 29 heavy (non-hydrogen) atoms. The lowest BCUT2D eigenvalue weighted by Gasteiger charge is -2.36. The van der Waals surface area contributed by atoms with Crippen LogP contribution in [-0.2, 0) is 9.84 Å². The maximum absolute atomic E-state index is 12.8. The monoisotopic (exact) mass is 417 g/mol. The second-order valence-corrected chi connectivity index (χ2v) is 9.27. The highest BCUT2D eigenvalue weighted by molar-refractivity contribution is 7.90.